The fourth-order valence-corrected chi connectivity index (χ4v) is 7.80. The van der Waals surface area contributed by atoms with Crippen molar-refractivity contribution in [3.63, 3.8) is 0 Å². The lowest BCUT2D eigenvalue weighted by molar-refractivity contribution is -0.134. The highest BCUT2D eigenvalue weighted by Crippen LogP contribution is 2.24. The monoisotopic (exact) mass is 886 g/mol. The number of nitrogens with one attached hydrogen (secondary N) is 8. The van der Waals surface area contributed by atoms with E-state index < -0.39 is 71.7 Å². The number of hydrogen-bond acceptors (Lipinski definition) is 9. The first-order valence-corrected chi connectivity index (χ1v) is 21.7. The average molecular weight is 887 g/mol. The molecular weight excluding hydrogens is 829 g/mol. The number of carbonyl (C=O) groups excluding carboxylic acids is 6. The summed E-state index contributed by atoms with van der Waals surface area (Å²) in [5, 5.41) is 15.6. The highest BCUT2D eigenvalue weighted by atomic mass is 16.2. The van der Waals surface area contributed by atoms with Crippen molar-refractivity contribution < 1.29 is 28.8 Å². The molecule has 18 nitrogen and oxygen atoms in total. The summed E-state index contributed by atoms with van der Waals surface area (Å²) in [5.41, 5.74) is 22.9. The van der Waals surface area contributed by atoms with Crippen molar-refractivity contribution in [1.82, 2.24) is 46.5 Å². The maximum absolute atomic E-state index is 14.5. The Balaban J connectivity index is 1.23. The first-order valence-electron chi connectivity index (χ1n) is 21.7. The van der Waals surface area contributed by atoms with Crippen molar-refractivity contribution >= 4 is 57.2 Å². The highest BCUT2D eigenvalue weighted by molar-refractivity contribution is 5.97. The zero-order valence-corrected chi connectivity index (χ0v) is 36.5. The molecule has 0 radical (unpaired) electrons. The molecule has 0 unspecified atom stereocenters. The fraction of sp³-hybridized carbons (Fsp3) is 0.340. The van der Waals surface area contributed by atoms with Crippen LogP contribution in [0.2, 0.25) is 0 Å². The summed E-state index contributed by atoms with van der Waals surface area (Å²) in [5.74, 6) is -4.01. The van der Waals surface area contributed by atoms with E-state index in [1.165, 1.54) is 13.3 Å². The summed E-state index contributed by atoms with van der Waals surface area (Å²) in [4.78, 5) is 96.1. The normalized spacial score (nSPS) is 14.1. The minimum absolute atomic E-state index is 0.00419. The van der Waals surface area contributed by atoms with Crippen molar-refractivity contribution in [2.24, 2.45) is 17.2 Å². The maximum Gasteiger partial charge on any atom is 0.243 e. The second-order valence-electron chi connectivity index (χ2n) is 16.3. The van der Waals surface area contributed by atoms with Gasteiger partial charge in [0.2, 0.25) is 35.4 Å². The summed E-state index contributed by atoms with van der Waals surface area (Å²) in [6, 6.07) is 17.3. The smallest absolute Gasteiger partial charge is 0.243 e. The lowest BCUT2D eigenvalue weighted by atomic mass is 9.99. The van der Waals surface area contributed by atoms with E-state index in [0.29, 0.717) is 25.1 Å². The Morgan fingerprint density at radius 1 is 0.646 bits per heavy atom. The third kappa shape index (κ3) is 12.7. The van der Waals surface area contributed by atoms with Crippen LogP contribution in [0.5, 0.6) is 0 Å². The van der Waals surface area contributed by atoms with Crippen molar-refractivity contribution in [3.8, 4) is 0 Å². The van der Waals surface area contributed by atoms with Gasteiger partial charge in [-0.25, -0.2) is 4.98 Å². The van der Waals surface area contributed by atoms with Gasteiger partial charge in [-0.15, -0.1) is 0 Å². The molecule has 3 heterocycles. The zero-order chi connectivity index (χ0) is 46.5. The average Bonchev–Trinajstić information content (AvgIpc) is 4.04. The molecule has 14 N–H and O–H groups in total. The van der Waals surface area contributed by atoms with Gasteiger partial charge in [0, 0.05) is 71.3 Å². The van der Waals surface area contributed by atoms with Gasteiger partial charge in [0.05, 0.1) is 12.4 Å². The van der Waals surface area contributed by atoms with Gasteiger partial charge in [-0.1, -0.05) is 66.7 Å². The molecule has 6 rings (SSSR count). The number of benzene rings is 3. The number of rotatable bonds is 23. The summed E-state index contributed by atoms with van der Waals surface area (Å²) < 4.78 is 0. The Hall–Kier alpha value is -7.31. The zero-order valence-electron chi connectivity index (χ0n) is 36.5. The molecule has 0 spiro atoms. The lowest BCUT2D eigenvalue weighted by Gasteiger charge is -2.26. The van der Waals surface area contributed by atoms with Gasteiger partial charge in [-0.3, -0.25) is 28.8 Å². The SMILES string of the molecule is Cc1[nH]c2ccccc2c1C[C@H](NC(=O)[C@H](C)NC(=O)[C@@H](Cc1c[nH]c2ccccc12)NC(=O)[C@@H](N)Cc1cnc[nH]1)C(=O)N[C@H](Cc1ccccc1)C(=O)N[C@@H](CCCCN)C(N)=O. The summed E-state index contributed by atoms with van der Waals surface area (Å²) >= 11 is 0. The molecule has 0 saturated carbocycles. The van der Waals surface area contributed by atoms with Crippen LogP contribution in [-0.2, 0) is 54.5 Å². The van der Waals surface area contributed by atoms with Gasteiger partial charge < -0.3 is 58.7 Å². The number of amides is 6. The first kappa shape index (κ1) is 47.2. The van der Waals surface area contributed by atoms with E-state index in [1.807, 2.05) is 61.5 Å². The van der Waals surface area contributed by atoms with E-state index in [2.05, 4.69) is 46.5 Å². The Kier molecular flexibility index (Phi) is 16.2. The number of carbonyl (C=O) groups is 6. The third-order valence-corrected chi connectivity index (χ3v) is 11.4. The van der Waals surface area contributed by atoms with Crippen LogP contribution in [0, 0.1) is 6.92 Å². The Labute approximate surface area is 376 Å². The number of aryl methyl sites for hydroxylation is 1. The van der Waals surface area contributed by atoms with Crippen LogP contribution in [0.1, 0.15) is 54.3 Å². The Morgan fingerprint density at radius 2 is 1.25 bits per heavy atom. The number of hydrogen-bond donors (Lipinski definition) is 11. The number of nitrogens with zero attached hydrogens (tertiary/aromatic N) is 1. The predicted molar refractivity (Wildman–Crippen MR) is 247 cm³/mol. The predicted octanol–water partition coefficient (Wildman–Crippen LogP) is 1.34. The molecule has 18 heteroatoms. The number of fused-ring (bicyclic) bond motifs is 2. The van der Waals surface area contributed by atoms with Crippen LogP contribution in [0.4, 0.5) is 0 Å². The van der Waals surface area contributed by atoms with Crippen LogP contribution in [-0.4, -0.2) is 98.2 Å². The van der Waals surface area contributed by atoms with Crippen LogP contribution in [0.3, 0.4) is 0 Å². The summed E-state index contributed by atoms with van der Waals surface area (Å²) in [6.45, 7) is 3.73. The molecule has 342 valence electrons. The van der Waals surface area contributed by atoms with E-state index in [-0.39, 0.29) is 32.1 Å². The number of unbranched alkanes of at least 4 members (excludes halogenated alkanes) is 1. The molecule has 0 saturated heterocycles. The van der Waals surface area contributed by atoms with Crippen LogP contribution in [0.15, 0.2) is 97.6 Å². The van der Waals surface area contributed by atoms with E-state index in [4.69, 9.17) is 17.2 Å². The quantitative estimate of drug-likeness (QED) is 0.0413. The van der Waals surface area contributed by atoms with E-state index in [1.54, 1.807) is 36.7 Å². The Bertz CT molecular complexity index is 2570. The van der Waals surface area contributed by atoms with Gasteiger partial charge in [0.1, 0.15) is 30.2 Å². The first-order chi connectivity index (χ1) is 31.3. The van der Waals surface area contributed by atoms with Gasteiger partial charge in [-0.05, 0) is 68.5 Å². The number of aromatic nitrogens is 4. The second kappa shape index (κ2) is 22.4. The molecule has 6 atom stereocenters. The van der Waals surface area contributed by atoms with Gasteiger partial charge in [0.15, 0.2) is 0 Å². The highest BCUT2D eigenvalue weighted by Gasteiger charge is 2.33. The topological polar surface area (TPSA) is 301 Å². The van der Waals surface area contributed by atoms with Crippen LogP contribution < -0.4 is 43.8 Å². The van der Waals surface area contributed by atoms with Crippen LogP contribution >= 0.6 is 0 Å². The largest absolute Gasteiger partial charge is 0.368 e. The molecule has 0 aliphatic carbocycles. The van der Waals surface area contributed by atoms with Crippen LogP contribution in [0.25, 0.3) is 21.8 Å². The van der Waals surface area contributed by atoms with Crippen molar-refractivity contribution in [2.75, 3.05) is 6.54 Å². The molecule has 3 aromatic heterocycles. The lowest BCUT2D eigenvalue weighted by Crippen LogP contribution is -2.60. The maximum atomic E-state index is 14.5. The molecular formula is C47H58N12O6. The number of nitrogens with two attached hydrogens (primary N) is 3. The van der Waals surface area contributed by atoms with E-state index in [0.717, 1.165) is 44.2 Å². The third-order valence-electron chi connectivity index (χ3n) is 11.4. The molecule has 0 aliphatic rings. The standard InChI is InChI=1S/C47H58N12O6/c1-27-34(33-15-7-9-17-37(33)54-27)23-41(47(65)59-39(20-29-12-4-3-5-13-29)46(64)56-38(42(50)60)18-10-11-19-48)57-43(61)28(2)55-45(63)40(21-30-24-52-36-16-8-6-14-32(30)36)58-44(62)35(49)22-31-25-51-26-53-31/h3-9,12-17,24-26,28,35,38-41,52,54H,10-11,18-23,48-49H2,1-2H3,(H2,50,60)(H,51,53)(H,55,63)(H,56,64)(H,57,61)(H,58,62)(H,59,65)/t28-,35-,38-,39+,40+,41-/m0/s1. The van der Waals surface area contributed by atoms with Gasteiger partial charge in [-0.2, -0.15) is 0 Å². The number of primary amides is 1. The number of aromatic amines is 3. The molecule has 6 amide bonds. The molecule has 0 fully saturated rings. The minimum atomic E-state index is -1.26. The van der Waals surface area contributed by atoms with Crippen molar-refractivity contribution in [2.45, 2.75) is 95.0 Å². The van der Waals surface area contributed by atoms with E-state index in [9.17, 15) is 28.8 Å². The molecule has 0 bridgehead atoms. The van der Waals surface area contributed by atoms with Gasteiger partial charge in [0.25, 0.3) is 0 Å². The van der Waals surface area contributed by atoms with Gasteiger partial charge >= 0.3 is 0 Å². The molecule has 0 aliphatic heterocycles. The molecule has 3 aromatic carbocycles. The molecule has 65 heavy (non-hydrogen) atoms. The minimum Gasteiger partial charge on any atom is -0.368 e. The number of para-hydroxylation sites is 2. The summed E-state index contributed by atoms with van der Waals surface area (Å²) in [6.07, 6.45) is 6.48. The number of H-pyrrole nitrogens is 3. The Morgan fingerprint density at radius 3 is 1.94 bits per heavy atom. The van der Waals surface area contributed by atoms with Crippen molar-refractivity contribution in [3.05, 3.63) is 126 Å². The van der Waals surface area contributed by atoms with Crippen molar-refractivity contribution in [1.29, 1.82) is 0 Å². The van der Waals surface area contributed by atoms with E-state index >= 15 is 0 Å². The number of imidazole rings is 1. The fourth-order valence-electron chi connectivity index (χ4n) is 7.80. The summed E-state index contributed by atoms with van der Waals surface area (Å²) in [7, 11) is 0. The second-order valence-corrected chi connectivity index (χ2v) is 16.3. The molecule has 6 aromatic rings.